The van der Waals surface area contributed by atoms with Crippen molar-refractivity contribution >= 4 is 24.4 Å². The highest BCUT2D eigenvalue weighted by atomic mass is 32.1. The average Bonchev–Trinajstić information content (AvgIpc) is 3.00. The number of carboxylic acid groups (broad SMARTS) is 1. The van der Waals surface area contributed by atoms with Crippen molar-refractivity contribution in [3.63, 3.8) is 0 Å². The summed E-state index contributed by atoms with van der Waals surface area (Å²) in [6.07, 6.45) is -3.15. The molecule has 0 amide bonds. The molecular weight excluding hydrogens is 381 g/mol. The number of aromatic carboxylic acids is 1. The van der Waals surface area contributed by atoms with Crippen molar-refractivity contribution in [1.82, 2.24) is 14.9 Å². The highest BCUT2D eigenvalue weighted by molar-refractivity contribution is 7.71. The predicted octanol–water partition coefficient (Wildman–Crippen LogP) is 4.21. The van der Waals surface area contributed by atoms with Crippen LogP contribution in [0.5, 0.6) is 0 Å². The molecule has 0 saturated heterocycles. The zero-order valence-electron chi connectivity index (χ0n) is 13.4. The second-order valence-electron chi connectivity index (χ2n) is 5.38. The number of hydrogen-bond acceptors (Lipinski definition) is 4. The monoisotopic (exact) mass is 392 g/mol. The van der Waals surface area contributed by atoms with Crippen LogP contribution < -0.4 is 0 Å². The van der Waals surface area contributed by atoms with E-state index < -0.39 is 17.7 Å². The number of rotatable bonds is 4. The molecule has 0 aliphatic rings. The van der Waals surface area contributed by atoms with Crippen molar-refractivity contribution < 1.29 is 23.1 Å². The summed E-state index contributed by atoms with van der Waals surface area (Å²) in [5, 5.41) is 19.8. The Bertz CT molecular complexity index is 1070. The number of nitrogens with zero attached hydrogens (tertiary/aromatic N) is 3. The molecule has 0 unspecified atom stereocenters. The normalized spacial score (nSPS) is 11.8. The molecule has 2 aromatic carbocycles. The van der Waals surface area contributed by atoms with Gasteiger partial charge >= 0.3 is 12.1 Å². The number of halogens is 3. The summed E-state index contributed by atoms with van der Waals surface area (Å²) in [5.41, 5.74) is -0.0383. The van der Waals surface area contributed by atoms with E-state index in [4.69, 9.17) is 12.2 Å². The quantitative estimate of drug-likeness (QED) is 0.515. The van der Waals surface area contributed by atoms with E-state index >= 15 is 0 Å². The van der Waals surface area contributed by atoms with Crippen LogP contribution in [0.15, 0.2) is 53.6 Å². The molecule has 0 spiro atoms. The van der Waals surface area contributed by atoms with Crippen molar-refractivity contribution in [2.24, 2.45) is 5.10 Å². The van der Waals surface area contributed by atoms with Gasteiger partial charge in [-0.2, -0.15) is 28.0 Å². The molecule has 3 rings (SSSR count). The molecule has 2 N–H and O–H groups in total. The van der Waals surface area contributed by atoms with Crippen LogP contribution >= 0.6 is 12.2 Å². The maximum atomic E-state index is 12.7. The Labute approximate surface area is 155 Å². The molecule has 10 heteroatoms. The third-order valence-electron chi connectivity index (χ3n) is 3.62. The van der Waals surface area contributed by atoms with Crippen LogP contribution in [0.2, 0.25) is 0 Å². The van der Waals surface area contributed by atoms with E-state index in [1.807, 2.05) is 0 Å². The van der Waals surface area contributed by atoms with Crippen LogP contribution in [0, 0.1) is 4.77 Å². The van der Waals surface area contributed by atoms with E-state index in [1.165, 1.54) is 29.1 Å². The molecule has 1 heterocycles. The summed E-state index contributed by atoms with van der Waals surface area (Å²) in [7, 11) is 0. The summed E-state index contributed by atoms with van der Waals surface area (Å²) in [4.78, 5) is 11.3. The van der Waals surface area contributed by atoms with Crippen molar-refractivity contribution in [2.45, 2.75) is 6.18 Å². The van der Waals surface area contributed by atoms with Gasteiger partial charge in [-0.05, 0) is 30.4 Å². The Morgan fingerprint density at radius 1 is 1.19 bits per heavy atom. The van der Waals surface area contributed by atoms with E-state index in [1.54, 1.807) is 18.2 Å². The molecule has 0 radical (unpaired) electrons. The van der Waals surface area contributed by atoms with Crippen molar-refractivity contribution in [1.29, 1.82) is 0 Å². The lowest BCUT2D eigenvalue weighted by molar-refractivity contribution is -0.137. The minimum atomic E-state index is -4.44. The largest absolute Gasteiger partial charge is 0.478 e. The molecule has 0 aliphatic heterocycles. The topological polar surface area (TPSA) is 83.3 Å². The second-order valence-corrected chi connectivity index (χ2v) is 5.76. The number of carbonyl (C=O) groups is 1. The Morgan fingerprint density at radius 2 is 1.85 bits per heavy atom. The van der Waals surface area contributed by atoms with Gasteiger partial charge in [0.25, 0.3) is 0 Å². The first-order chi connectivity index (χ1) is 12.8. The first-order valence-corrected chi connectivity index (χ1v) is 7.90. The standard InChI is InChI=1S/C17H11F3N4O2S/c18-17(19,20)12-7-5-10(6-8-12)14-22-23-16(27)24(14)21-9-11-3-1-2-4-13(11)15(25)26/h1-9H,(H,23,27)(H,25,26)/b21-9+. The van der Waals surface area contributed by atoms with Crippen LogP contribution in [0.25, 0.3) is 11.4 Å². The highest BCUT2D eigenvalue weighted by Crippen LogP contribution is 2.30. The number of hydrogen-bond donors (Lipinski definition) is 2. The van der Waals surface area contributed by atoms with Crippen LogP contribution in [0.1, 0.15) is 21.5 Å². The molecule has 1 aromatic heterocycles. The lowest BCUT2D eigenvalue weighted by atomic mass is 10.1. The number of carboxylic acids is 1. The Morgan fingerprint density at radius 3 is 2.48 bits per heavy atom. The van der Waals surface area contributed by atoms with Crippen LogP contribution in [-0.4, -0.2) is 32.2 Å². The van der Waals surface area contributed by atoms with Gasteiger partial charge in [-0.3, -0.25) is 0 Å². The van der Waals surface area contributed by atoms with E-state index in [9.17, 15) is 23.1 Å². The fourth-order valence-corrected chi connectivity index (χ4v) is 2.50. The fraction of sp³-hybridized carbons (Fsp3) is 0.0588. The van der Waals surface area contributed by atoms with Gasteiger partial charge in [-0.1, -0.05) is 30.3 Å². The number of benzene rings is 2. The fourth-order valence-electron chi connectivity index (χ4n) is 2.32. The number of nitrogens with one attached hydrogen (secondary N) is 1. The number of aromatic nitrogens is 3. The van der Waals surface area contributed by atoms with Gasteiger partial charge in [-0.25, -0.2) is 9.89 Å². The van der Waals surface area contributed by atoms with Crippen LogP contribution in [0.4, 0.5) is 13.2 Å². The number of alkyl halides is 3. The number of aromatic amines is 1. The molecule has 0 atom stereocenters. The van der Waals surface area contributed by atoms with Gasteiger partial charge in [0.2, 0.25) is 4.77 Å². The van der Waals surface area contributed by atoms with E-state index in [0.29, 0.717) is 11.1 Å². The summed E-state index contributed by atoms with van der Waals surface area (Å²) in [5.74, 6) is -0.923. The van der Waals surface area contributed by atoms with E-state index in [2.05, 4.69) is 15.3 Å². The molecule has 3 aromatic rings. The summed E-state index contributed by atoms with van der Waals surface area (Å²) in [6.45, 7) is 0. The molecule has 0 fully saturated rings. The van der Waals surface area contributed by atoms with Crippen molar-refractivity contribution in [3.05, 3.63) is 70.0 Å². The first-order valence-electron chi connectivity index (χ1n) is 7.49. The van der Waals surface area contributed by atoms with Gasteiger partial charge in [0.15, 0.2) is 5.82 Å². The third-order valence-corrected chi connectivity index (χ3v) is 3.89. The molecule has 0 bridgehead atoms. The lowest BCUT2D eigenvalue weighted by Gasteiger charge is -2.07. The minimum absolute atomic E-state index is 0.0485. The van der Waals surface area contributed by atoms with E-state index in [-0.39, 0.29) is 16.2 Å². The van der Waals surface area contributed by atoms with Crippen molar-refractivity contribution in [2.75, 3.05) is 0 Å². The molecule has 0 aliphatic carbocycles. The number of H-pyrrole nitrogens is 1. The molecular formula is C17H11F3N4O2S. The van der Waals surface area contributed by atoms with Gasteiger partial charge < -0.3 is 5.11 Å². The highest BCUT2D eigenvalue weighted by Gasteiger charge is 2.30. The zero-order valence-corrected chi connectivity index (χ0v) is 14.3. The first kappa shape index (κ1) is 18.5. The average molecular weight is 392 g/mol. The Balaban J connectivity index is 1.99. The molecule has 138 valence electrons. The van der Waals surface area contributed by atoms with Crippen LogP contribution in [0.3, 0.4) is 0 Å². The Kier molecular flexibility index (Phi) is 4.91. The van der Waals surface area contributed by atoms with Gasteiger partial charge in [0.05, 0.1) is 17.3 Å². The SMILES string of the molecule is O=C(O)c1ccccc1/C=N/n1c(-c2ccc(C(F)(F)F)cc2)n[nH]c1=S. The predicted molar refractivity (Wildman–Crippen MR) is 94.2 cm³/mol. The molecule has 0 saturated carbocycles. The Hall–Kier alpha value is -3.27. The molecule has 6 nitrogen and oxygen atoms in total. The zero-order chi connectivity index (χ0) is 19.6. The van der Waals surface area contributed by atoms with E-state index in [0.717, 1.165) is 12.1 Å². The maximum Gasteiger partial charge on any atom is 0.416 e. The smallest absolute Gasteiger partial charge is 0.416 e. The van der Waals surface area contributed by atoms with Gasteiger partial charge in [0, 0.05) is 11.1 Å². The summed E-state index contributed by atoms with van der Waals surface area (Å²) >= 11 is 5.09. The minimum Gasteiger partial charge on any atom is -0.478 e. The molecule has 27 heavy (non-hydrogen) atoms. The maximum absolute atomic E-state index is 12.7. The van der Waals surface area contributed by atoms with Crippen LogP contribution in [-0.2, 0) is 6.18 Å². The van der Waals surface area contributed by atoms with Crippen molar-refractivity contribution in [3.8, 4) is 11.4 Å². The summed E-state index contributed by atoms with van der Waals surface area (Å²) in [6, 6.07) is 10.6. The second kappa shape index (κ2) is 7.16. The van der Waals surface area contributed by atoms with Gasteiger partial charge in [0.1, 0.15) is 0 Å². The summed E-state index contributed by atoms with van der Waals surface area (Å²) < 4.78 is 39.4. The van der Waals surface area contributed by atoms with Gasteiger partial charge in [-0.15, -0.1) is 0 Å². The lowest BCUT2D eigenvalue weighted by Crippen LogP contribution is -2.04. The third kappa shape index (κ3) is 3.95.